The molecule has 0 spiro atoms. The lowest BCUT2D eigenvalue weighted by atomic mass is 10.2. The van der Waals surface area contributed by atoms with Crippen molar-refractivity contribution in [3.63, 3.8) is 0 Å². The summed E-state index contributed by atoms with van der Waals surface area (Å²) in [7, 11) is 0. The average molecular weight is 314 g/mol. The molecular formula is C16H12ClN3O2. The standard InChI is InChI=1S/C16H12ClN3O2/c17-12-6-7-14(18-9-12)20-15(21)8-13-10-22-16(19-13)11-4-2-1-3-5-11/h1-7,9-10H,8H2,(H,18,20,21). The van der Waals surface area contributed by atoms with Crippen LogP contribution in [0.1, 0.15) is 5.69 Å². The summed E-state index contributed by atoms with van der Waals surface area (Å²) in [6.45, 7) is 0. The number of halogens is 1. The highest BCUT2D eigenvalue weighted by Crippen LogP contribution is 2.18. The molecule has 3 aromatic rings. The summed E-state index contributed by atoms with van der Waals surface area (Å²) in [5.74, 6) is 0.719. The third kappa shape index (κ3) is 3.51. The number of pyridine rings is 1. The van der Waals surface area contributed by atoms with Gasteiger partial charge in [-0.05, 0) is 24.3 Å². The number of oxazole rings is 1. The van der Waals surface area contributed by atoms with Gasteiger partial charge in [0.2, 0.25) is 11.8 Å². The van der Waals surface area contributed by atoms with Crippen LogP contribution in [0, 0.1) is 0 Å². The predicted octanol–water partition coefficient (Wildman–Crippen LogP) is 3.57. The van der Waals surface area contributed by atoms with E-state index in [1.165, 1.54) is 12.5 Å². The number of carbonyl (C=O) groups excluding carboxylic acids is 1. The van der Waals surface area contributed by atoms with Crippen molar-refractivity contribution in [1.82, 2.24) is 9.97 Å². The molecule has 110 valence electrons. The van der Waals surface area contributed by atoms with E-state index in [4.69, 9.17) is 16.0 Å². The van der Waals surface area contributed by atoms with Gasteiger partial charge in [0, 0.05) is 11.8 Å². The van der Waals surface area contributed by atoms with E-state index in [0.717, 1.165) is 5.56 Å². The van der Waals surface area contributed by atoms with Crippen LogP contribution >= 0.6 is 11.6 Å². The van der Waals surface area contributed by atoms with E-state index in [-0.39, 0.29) is 12.3 Å². The number of carbonyl (C=O) groups is 1. The van der Waals surface area contributed by atoms with Crippen molar-refractivity contribution in [2.45, 2.75) is 6.42 Å². The fourth-order valence-corrected chi connectivity index (χ4v) is 2.01. The Morgan fingerprint density at radius 3 is 2.73 bits per heavy atom. The molecule has 0 radical (unpaired) electrons. The normalized spacial score (nSPS) is 10.4. The maximum atomic E-state index is 11.9. The summed E-state index contributed by atoms with van der Waals surface area (Å²) in [6.07, 6.45) is 3.07. The number of benzene rings is 1. The molecule has 5 nitrogen and oxygen atoms in total. The second-order valence-corrected chi connectivity index (χ2v) is 5.03. The number of amides is 1. The molecule has 1 aromatic carbocycles. The fraction of sp³-hybridized carbons (Fsp3) is 0.0625. The van der Waals surface area contributed by atoms with Crippen LogP contribution in [0.2, 0.25) is 5.02 Å². The Bertz CT molecular complexity index is 770. The molecule has 0 atom stereocenters. The minimum absolute atomic E-state index is 0.112. The second kappa shape index (κ2) is 6.41. The van der Waals surface area contributed by atoms with E-state index in [1.807, 2.05) is 30.3 Å². The van der Waals surface area contributed by atoms with Crippen LogP contribution in [0.4, 0.5) is 5.82 Å². The number of nitrogens with zero attached hydrogens (tertiary/aromatic N) is 2. The molecule has 1 amide bonds. The quantitative estimate of drug-likeness (QED) is 0.799. The molecular weight excluding hydrogens is 302 g/mol. The predicted molar refractivity (Wildman–Crippen MR) is 83.5 cm³/mol. The maximum absolute atomic E-state index is 11.9. The molecule has 6 heteroatoms. The van der Waals surface area contributed by atoms with E-state index >= 15 is 0 Å². The number of aromatic nitrogens is 2. The first-order chi connectivity index (χ1) is 10.7. The lowest BCUT2D eigenvalue weighted by Crippen LogP contribution is -2.15. The number of anilines is 1. The zero-order valence-electron chi connectivity index (χ0n) is 11.5. The molecule has 2 aromatic heterocycles. The Morgan fingerprint density at radius 2 is 2.00 bits per heavy atom. The highest BCUT2D eigenvalue weighted by atomic mass is 35.5. The topological polar surface area (TPSA) is 68.0 Å². The van der Waals surface area contributed by atoms with Crippen LogP contribution in [0.15, 0.2) is 59.3 Å². The summed E-state index contributed by atoms with van der Waals surface area (Å²) < 4.78 is 5.39. The van der Waals surface area contributed by atoms with Crippen molar-refractivity contribution >= 4 is 23.3 Å². The van der Waals surface area contributed by atoms with Crippen molar-refractivity contribution in [1.29, 1.82) is 0 Å². The lowest BCUT2D eigenvalue weighted by molar-refractivity contribution is -0.115. The highest BCUT2D eigenvalue weighted by molar-refractivity contribution is 6.30. The second-order valence-electron chi connectivity index (χ2n) is 4.60. The number of hydrogen-bond donors (Lipinski definition) is 1. The molecule has 22 heavy (non-hydrogen) atoms. The van der Waals surface area contributed by atoms with Crippen LogP contribution < -0.4 is 5.32 Å². The van der Waals surface area contributed by atoms with Crippen LogP contribution in [-0.4, -0.2) is 15.9 Å². The largest absolute Gasteiger partial charge is 0.444 e. The average Bonchev–Trinajstić information content (AvgIpc) is 2.99. The summed E-state index contributed by atoms with van der Waals surface area (Å²) in [5.41, 5.74) is 1.43. The molecule has 0 aliphatic carbocycles. The molecule has 0 saturated carbocycles. The van der Waals surface area contributed by atoms with E-state index < -0.39 is 0 Å². The molecule has 1 N–H and O–H groups in total. The highest BCUT2D eigenvalue weighted by Gasteiger charge is 2.11. The SMILES string of the molecule is O=C(Cc1coc(-c2ccccc2)n1)Nc1ccc(Cl)cn1. The Labute approximate surface area is 132 Å². The van der Waals surface area contributed by atoms with Gasteiger partial charge in [-0.3, -0.25) is 4.79 Å². The van der Waals surface area contributed by atoms with Gasteiger partial charge in [0.1, 0.15) is 12.1 Å². The number of rotatable bonds is 4. The van der Waals surface area contributed by atoms with Gasteiger partial charge in [-0.15, -0.1) is 0 Å². The van der Waals surface area contributed by atoms with E-state index in [2.05, 4.69) is 15.3 Å². The summed E-state index contributed by atoms with van der Waals surface area (Å²) >= 11 is 5.74. The Kier molecular flexibility index (Phi) is 4.16. The third-order valence-corrected chi connectivity index (χ3v) is 3.13. The van der Waals surface area contributed by atoms with Crippen molar-refractivity contribution in [3.05, 3.63) is 65.6 Å². The summed E-state index contributed by atoms with van der Waals surface area (Å²) in [6, 6.07) is 12.8. The molecule has 0 aliphatic heterocycles. The van der Waals surface area contributed by atoms with Gasteiger partial charge in [0.25, 0.3) is 0 Å². The molecule has 2 heterocycles. The molecule has 0 fully saturated rings. The van der Waals surface area contributed by atoms with Crippen LogP contribution in [0.3, 0.4) is 0 Å². The zero-order valence-corrected chi connectivity index (χ0v) is 12.2. The molecule has 0 bridgehead atoms. The van der Waals surface area contributed by atoms with Crippen LogP contribution in [-0.2, 0) is 11.2 Å². The number of hydrogen-bond acceptors (Lipinski definition) is 4. The van der Waals surface area contributed by atoms with Crippen LogP contribution in [0.25, 0.3) is 11.5 Å². The van der Waals surface area contributed by atoms with E-state index in [9.17, 15) is 4.79 Å². The van der Waals surface area contributed by atoms with Gasteiger partial charge >= 0.3 is 0 Å². The first-order valence-corrected chi connectivity index (χ1v) is 7.00. The summed E-state index contributed by atoms with van der Waals surface area (Å²) in [4.78, 5) is 20.3. The van der Waals surface area contributed by atoms with Gasteiger partial charge in [-0.1, -0.05) is 29.8 Å². The van der Waals surface area contributed by atoms with Crippen molar-refractivity contribution in [2.24, 2.45) is 0 Å². The molecule has 3 rings (SSSR count). The van der Waals surface area contributed by atoms with Crippen molar-refractivity contribution < 1.29 is 9.21 Å². The molecule has 0 saturated heterocycles. The monoisotopic (exact) mass is 313 g/mol. The van der Waals surface area contributed by atoms with Gasteiger partial charge in [0.05, 0.1) is 17.1 Å². The van der Waals surface area contributed by atoms with Crippen molar-refractivity contribution in [2.75, 3.05) is 5.32 Å². The minimum Gasteiger partial charge on any atom is -0.444 e. The van der Waals surface area contributed by atoms with E-state index in [0.29, 0.717) is 22.4 Å². The lowest BCUT2D eigenvalue weighted by Gasteiger charge is -2.02. The smallest absolute Gasteiger partial charge is 0.231 e. The Balaban J connectivity index is 1.65. The molecule has 0 aliphatic rings. The summed E-state index contributed by atoms with van der Waals surface area (Å²) in [5, 5.41) is 3.19. The first kappa shape index (κ1) is 14.3. The van der Waals surface area contributed by atoms with Gasteiger partial charge in [0.15, 0.2) is 0 Å². The zero-order chi connectivity index (χ0) is 15.4. The van der Waals surface area contributed by atoms with Crippen molar-refractivity contribution in [3.8, 4) is 11.5 Å². The van der Waals surface area contributed by atoms with Gasteiger partial charge in [-0.2, -0.15) is 0 Å². The Hall–Kier alpha value is -2.66. The molecule has 0 unspecified atom stereocenters. The van der Waals surface area contributed by atoms with Crippen LogP contribution in [0.5, 0.6) is 0 Å². The van der Waals surface area contributed by atoms with Gasteiger partial charge < -0.3 is 9.73 Å². The van der Waals surface area contributed by atoms with E-state index in [1.54, 1.807) is 12.1 Å². The maximum Gasteiger partial charge on any atom is 0.231 e. The first-order valence-electron chi connectivity index (χ1n) is 6.62. The van der Waals surface area contributed by atoms with Gasteiger partial charge in [-0.25, -0.2) is 9.97 Å². The Morgan fingerprint density at radius 1 is 1.18 bits per heavy atom. The number of nitrogens with one attached hydrogen (secondary N) is 1. The minimum atomic E-state index is -0.220. The fourth-order valence-electron chi connectivity index (χ4n) is 1.90. The third-order valence-electron chi connectivity index (χ3n) is 2.91.